The summed E-state index contributed by atoms with van der Waals surface area (Å²) in [5.41, 5.74) is -0.143. The highest BCUT2D eigenvalue weighted by atomic mass is 19.4. The molecule has 1 fully saturated rings. The zero-order chi connectivity index (χ0) is 19.9. The van der Waals surface area contributed by atoms with Gasteiger partial charge in [0.05, 0.1) is 25.3 Å². The quantitative estimate of drug-likeness (QED) is 0.462. The first kappa shape index (κ1) is 21.5. The average Bonchev–Trinajstić information content (AvgIpc) is 2.64. The third kappa shape index (κ3) is 6.70. The number of rotatable bonds is 6. The topological polar surface area (TPSA) is 46.1 Å². The van der Waals surface area contributed by atoms with E-state index in [1.165, 1.54) is 6.07 Å². The molecule has 1 heterocycles. The van der Waals surface area contributed by atoms with Crippen molar-refractivity contribution in [2.45, 2.75) is 26.1 Å². The summed E-state index contributed by atoms with van der Waals surface area (Å²) in [4.78, 5) is 6.27. The van der Waals surface area contributed by atoms with Gasteiger partial charge >= 0.3 is 6.18 Å². The van der Waals surface area contributed by atoms with Gasteiger partial charge < -0.3 is 19.7 Å². The van der Waals surface area contributed by atoms with Gasteiger partial charge in [0.2, 0.25) is 0 Å². The molecule has 1 unspecified atom stereocenters. The Balaban J connectivity index is 1.94. The number of hydrogen-bond acceptors (Lipinski definition) is 3. The average molecular weight is 387 g/mol. The molecule has 27 heavy (non-hydrogen) atoms. The van der Waals surface area contributed by atoms with Crippen molar-refractivity contribution in [1.82, 2.24) is 10.2 Å². The molecule has 0 aromatic heterocycles. The van der Waals surface area contributed by atoms with Crippen LogP contribution in [0.2, 0.25) is 0 Å². The largest absolute Gasteiger partial charge is 0.416 e. The molecule has 0 radical (unpaired) electrons. The first-order valence-electron chi connectivity index (χ1n) is 9.13. The molecule has 2 rings (SSSR count). The van der Waals surface area contributed by atoms with Crippen molar-refractivity contribution in [3.05, 3.63) is 35.4 Å². The smallest absolute Gasteiger partial charge is 0.379 e. The molecule has 0 aliphatic carbocycles. The van der Waals surface area contributed by atoms with Crippen LogP contribution in [-0.4, -0.2) is 57.4 Å². The van der Waals surface area contributed by atoms with Crippen molar-refractivity contribution in [3.63, 3.8) is 0 Å². The first-order chi connectivity index (χ1) is 12.8. The maximum absolute atomic E-state index is 13.0. The fraction of sp³-hybridized carbons (Fsp3) is 0.632. The van der Waals surface area contributed by atoms with E-state index in [1.54, 1.807) is 13.1 Å². The zero-order valence-corrected chi connectivity index (χ0v) is 16.1. The highest BCUT2D eigenvalue weighted by Crippen LogP contribution is 2.32. The van der Waals surface area contributed by atoms with Gasteiger partial charge in [-0.3, -0.25) is 4.99 Å². The molecule has 1 aliphatic heterocycles. The van der Waals surface area contributed by atoms with E-state index < -0.39 is 17.8 Å². The summed E-state index contributed by atoms with van der Waals surface area (Å²) < 4.78 is 50.1. The summed E-state index contributed by atoms with van der Waals surface area (Å²) in [7, 11) is 1.69. The van der Waals surface area contributed by atoms with Crippen molar-refractivity contribution < 1.29 is 22.6 Å². The number of guanidine groups is 1. The number of nitrogens with one attached hydrogen (secondary N) is 1. The van der Waals surface area contributed by atoms with Gasteiger partial charge in [0, 0.05) is 26.7 Å². The molecule has 152 valence electrons. The number of nitrogens with zero attached hydrogens (tertiary/aromatic N) is 2. The van der Waals surface area contributed by atoms with Crippen LogP contribution in [0.3, 0.4) is 0 Å². The van der Waals surface area contributed by atoms with Gasteiger partial charge in [-0.25, -0.2) is 0 Å². The fourth-order valence-electron chi connectivity index (χ4n) is 2.84. The van der Waals surface area contributed by atoms with Crippen LogP contribution in [0.1, 0.15) is 31.1 Å². The van der Waals surface area contributed by atoms with Crippen molar-refractivity contribution in [3.8, 4) is 0 Å². The van der Waals surface area contributed by atoms with E-state index in [4.69, 9.17) is 9.47 Å². The first-order valence-corrected chi connectivity index (χ1v) is 9.13. The van der Waals surface area contributed by atoms with Crippen molar-refractivity contribution in [2.24, 2.45) is 10.9 Å². The van der Waals surface area contributed by atoms with E-state index in [2.05, 4.69) is 24.2 Å². The number of ether oxygens (including phenoxy) is 2. The van der Waals surface area contributed by atoms with Gasteiger partial charge in [0.1, 0.15) is 6.10 Å². The van der Waals surface area contributed by atoms with Gasteiger partial charge in [-0.15, -0.1) is 0 Å². The summed E-state index contributed by atoms with van der Waals surface area (Å²) in [6, 6.07) is 5.31. The van der Waals surface area contributed by atoms with Crippen LogP contribution >= 0.6 is 0 Å². The Kier molecular flexibility index (Phi) is 7.91. The Labute approximate surface area is 158 Å². The lowest BCUT2D eigenvalue weighted by molar-refractivity contribution is -0.137. The minimum atomic E-state index is -4.36. The van der Waals surface area contributed by atoms with E-state index in [0.29, 0.717) is 56.9 Å². The number of hydrogen-bond donors (Lipinski definition) is 1. The Morgan fingerprint density at radius 1 is 1.41 bits per heavy atom. The Bertz CT molecular complexity index is 620. The maximum atomic E-state index is 13.0. The summed E-state index contributed by atoms with van der Waals surface area (Å²) in [5.74, 6) is 1.18. The summed E-state index contributed by atoms with van der Waals surface area (Å²) >= 11 is 0. The van der Waals surface area contributed by atoms with Crippen LogP contribution < -0.4 is 5.32 Å². The molecule has 1 N–H and O–H groups in total. The lowest BCUT2D eigenvalue weighted by atomic mass is 10.0. The number of aliphatic imine (C=N–C) groups is 1. The predicted molar refractivity (Wildman–Crippen MR) is 98.7 cm³/mol. The summed E-state index contributed by atoms with van der Waals surface area (Å²) in [6.07, 6.45) is -4.80. The molecular formula is C19H28F3N3O2. The van der Waals surface area contributed by atoms with Crippen LogP contribution in [0.25, 0.3) is 0 Å². The third-order valence-electron chi connectivity index (χ3n) is 4.14. The molecule has 0 bridgehead atoms. The lowest BCUT2D eigenvalue weighted by Gasteiger charge is -2.35. The monoisotopic (exact) mass is 387 g/mol. The Morgan fingerprint density at radius 3 is 2.85 bits per heavy atom. The molecule has 8 heteroatoms. The summed E-state index contributed by atoms with van der Waals surface area (Å²) in [5, 5.41) is 3.24. The molecule has 1 aromatic rings. The van der Waals surface area contributed by atoms with Crippen LogP contribution in [-0.2, 0) is 15.7 Å². The van der Waals surface area contributed by atoms with Gasteiger partial charge in [-0.1, -0.05) is 26.0 Å². The maximum Gasteiger partial charge on any atom is 0.416 e. The van der Waals surface area contributed by atoms with Crippen LogP contribution in [0.15, 0.2) is 29.3 Å². The van der Waals surface area contributed by atoms with E-state index in [-0.39, 0.29) is 0 Å². The number of alkyl halides is 3. The van der Waals surface area contributed by atoms with Crippen LogP contribution in [0.5, 0.6) is 0 Å². The molecule has 1 aliphatic rings. The van der Waals surface area contributed by atoms with Crippen LogP contribution in [0.4, 0.5) is 13.2 Å². The van der Waals surface area contributed by atoms with E-state index >= 15 is 0 Å². The summed E-state index contributed by atoms with van der Waals surface area (Å²) in [6.45, 7) is 7.56. The molecule has 0 amide bonds. The second-order valence-corrected chi connectivity index (χ2v) is 6.87. The fourth-order valence-corrected chi connectivity index (χ4v) is 2.84. The van der Waals surface area contributed by atoms with Gasteiger partial charge in [0.25, 0.3) is 0 Å². The second-order valence-electron chi connectivity index (χ2n) is 6.87. The predicted octanol–water partition coefficient (Wildman–Crippen LogP) is 3.33. The number of halogens is 3. The van der Waals surface area contributed by atoms with E-state index in [9.17, 15) is 13.2 Å². The highest BCUT2D eigenvalue weighted by Gasteiger charge is 2.32. The number of benzene rings is 1. The molecule has 0 saturated carbocycles. The SMILES string of the molecule is CN=C(NCCOCC(C)C)N1CCOC(c2cccc(C(F)(F)F)c2)C1. The van der Waals surface area contributed by atoms with E-state index in [1.807, 2.05) is 4.90 Å². The minimum Gasteiger partial charge on any atom is -0.379 e. The van der Waals surface area contributed by atoms with Crippen molar-refractivity contribution in [2.75, 3.05) is 46.5 Å². The zero-order valence-electron chi connectivity index (χ0n) is 16.1. The minimum absolute atomic E-state index is 0.422. The van der Waals surface area contributed by atoms with Gasteiger partial charge in [-0.05, 0) is 23.6 Å². The second kappa shape index (κ2) is 9.94. The normalized spacial score (nSPS) is 18.9. The molecule has 1 atom stereocenters. The van der Waals surface area contributed by atoms with E-state index in [0.717, 1.165) is 12.1 Å². The lowest BCUT2D eigenvalue weighted by Crippen LogP contribution is -2.48. The van der Waals surface area contributed by atoms with Gasteiger partial charge in [0.15, 0.2) is 5.96 Å². The van der Waals surface area contributed by atoms with Crippen molar-refractivity contribution in [1.29, 1.82) is 0 Å². The molecular weight excluding hydrogens is 359 g/mol. The molecule has 1 saturated heterocycles. The Hall–Kier alpha value is -1.80. The van der Waals surface area contributed by atoms with Crippen molar-refractivity contribution >= 4 is 5.96 Å². The Morgan fingerprint density at radius 2 is 2.19 bits per heavy atom. The van der Waals surface area contributed by atoms with Crippen LogP contribution in [0, 0.1) is 5.92 Å². The molecule has 1 aromatic carbocycles. The molecule has 0 spiro atoms. The number of morpholine rings is 1. The standard InChI is InChI=1S/C19H28F3N3O2/c1-14(2)13-26-9-7-24-18(23-3)25-8-10-27-17(12-25)15-5-4-6-16(11-15)19(20,21)22/h4-6,11,14,17H,7-10,12-13H2,1-3H3,(H,23,24). The molecule has 5 nitrogen and oxygen atoms in total. The van der Waals surface area contributed by atoms with Gasteiger partial charge in [-0.2, -0.15) is 13.2 Å². The highest BCUT2D eigenvalue weighted by molar-refractivity contribution is 5.80. The third-order valence-corrected chi connectivity index (χ3v) is 4.14.